The van der Waals surface area contributed by atoms with E-state index in [9.17, 15) is 0 Å². The van der Waals surface area contributed by atoms with Crippen LogP contribution in [-0.2, 0) is 13.0 Å². The third kappa shape index (κ3) is 3.23. The highest BCUT2D eigenvalue weighted by Crippen LogP contribution is 2.35. The highest BCUT2D eigenvalue weighted by atomic mass is 16.5. The van der Waals surface area contributed by atoms with Crippen molar-refractivity contribution in [3.8, 4) is 11.6 Å². The van der Waals surface area contributed by atoms with Crippen molar-refractivity contribution in [2.45, 2.75) is 19.9 Å². The molecule has 0 radical (unpaired) electrons. The summed E-state index contributed by atoms with van der Waals surface area (Å²) < 4.78 is 6.11. The minimum Gasteiger partial charge on any atom is -0.435 e. The van der Waals surface area contributed by atoms with Crippen molar-refractivity contribution in [1.82, 2.24) is 15.0 Å². The van der Waals surface area contributed by atoms with Crippen molar-refractivity contribution in [3.05, 3.63) is 77.7 Å². The minimum absolute atomic E-state index is 0.352. The van der Waals surface area contributed by atoms with Crippen molar-refractivity contribution < 1.29 is 4.74 Å². The normalized spacial score (nSPS) is 13.3. The number of anilines is 2. The Morgan fingerprint density at radius 1 is 0.966 bits per heavy atom. The Hall–Kier alpha value is -3.67. The maximum Gasteiger partial charge on any atom is 0.248 e. The number of para-hydroxylation sites is 1. The van der Waals surface area contributed by atoms with E-state index in [1.54, 1.807) is 0 Å². The number of fused-ring (bicyclic) bond motifs is 2. The van der Waals surface area contributed by atoms with Gasteiger partial charge in [-0.15, -0.1) is 0 Å². The average molecular weight is 383 g/mol. The standard InChI is InChI=1S/C23H21N5O/c1-15-9-10-17-7-4-8-19(21(17)27-15)29-23-20(24)22(25-14-26-23)28-12-11-16-5-2-3-6-18(16)13-28/h2-10,14H,11-13,24H2,1H3. The van der Waals surface area contributed by atoms with Gasteiger partial charge in [-0.25, -0.2) is 9.97 Å². The summed E-state index contributed by atoms with van der Waals surface area (Å²) in [5.74, 6) is 1.69. The number of hydrogen-bond donors (Lipinski definition) is 1. The number of aryl methyl sites for hydroxylation is 1. The van der Waals surface area contributed by atoms with Gasteiger partial charge in [0.15, 0.2) is 11.6 Å². The van der Waals surface area contributed by atoms with Crippen molar-refractivity contribution in [1.29, 1.82) is 0 Å². The Morgan fingerprint density at radius 2 is 1.83 bits per heavy atom. The molecule has 1 aliphatic heterocycles. The summed E-state index contributed by atoms with van der Waals surface area (Å²) in [4.78, 5) is 15.5. The van der Waals surface area contributed by atoms with Crippen LogP contribution in [0.2, 0.25) is 0 Å². The Bertz CT molecular complexity index is 1210. The predicted octanol–water partition coefficient (Wildman–Crippen LogP) is 4.27. The number of ether oxygens (including phenoxy) is 1. The average Bonchev–Trinajstić information content (AvgIpc) is 2.75. The van der Waals surface area contributed by atoms with E-state index in [-0.39, 0.29) is 0 Å². The molecule has 0 amide bonds. The molecule has 29 heavy (non-hydrogen) atoms. The lowest BCUT2D eigenvalue weighted by molar-refractivity contribution is 0.468. The highest BCUT2D eigenvalue weighted by Gasteiger charge is 2.21. The highest BCUT2D eigenvalue weighted by molar-refractivity contribution is 5.85. The van der Waals surface area contributed by atoms with Crippen LogP contribution in [-0.4, -0.2) is 21.5 Å². The molecule has 0 fully saturated rings. The van der Waals surface area contributed by atoms with Gasteiger partial charge in [0, 0.05) is 24.2 Å². The Labute approximate surface area is 169 Å². The SMILES string of the molecule is Cc1ccc2cccc(Oc3ncnc(N4CCc5ccccc5C4)c3N)c2n1. The molecule has 0 saturated heterocycles. The molecule has 2 aromatic heterocycles. The summed E-state index contributed by atoms with van der Waals surface area (Å²) in [6, 6.07) is 18.3. The third-order valence-corrected chi connectivity index (χ3v) is 5.29. The van der Waals surface area contributed by atoms with Crippen molar-refractivity contribution >= 4 is 22.4 Å². The van der Waals surface area contributed by atoms with Crippen LogP contribution >= 0.6 is 0 Å². The maximum atomic E-state index is 6.44. The van der Waals surface area contributed by atoms with Gasteiger partial charge in [0.25, 0.3) is 0 Å². The molecular weight excluding hydrogens is 362 g/mol. The van der Waals surface area contributed by atoms with E-state index in [4.69, 9.17) is 10.5 Å². The molecule has 0 bridgehead atoms. The minimum atomic E-state index is 0.352. The zero-order valence-electron chi connectivity index (χ0n) is 16.2. The summed E-state index contributed by atoms with van der Waals surface area (Å²) in [7, 11) is 0. The number of nitrogens with two attached hydrogens (primary N) is 1. The molecule has 4 aromatic rings. The van der Waals surface area contributed by atoms with Crippen LogP contribution in [0.1, 0.15) is 16.8 Å². The first-order valence-electron chi connectivity index (χ1n) is 9.65. The molecule has 3 heterocycles. The second-order valence-corrected chi connectivity index (χ2v) is 7.24. The number of aromatic nitrogens is 3. The Morgan fingerprint density at radius 3 is 2.72 bits per heavy atom. The van der Waals surface area contributed by atoms with E-state index >= 15 is 0 Å². The first kappa shape index (κ1) is 17.4. The fourth-order valence-electron chi connectivity index (χ4n) is 3.78. The van der Waals surface area contributed by atoms with Gasteiger partial charge in [-0.3, -0.25) is 0 Å². The van der Waals surface area contributed by atoms with Gasteiger partial charge in [0.05, 0.1) is 0 Å². The largest absolute Gasteiger partial charge is 0.435 e. The zero-order valence-corrected chi connectivity index (χ0v) is 16.2. The van der Waals surface area contributed by atoms with E-state index in [1.807, 2.05) is 37.3 Å². The van der Waals surface area contributed by atoms with E-state index in [0.717, 1.165) is 36.1 Å². The van der Waals surface area contributed by atoms with Crippen molar-refractivity contribution in [2.75, 3.05) is 17.2 Å². The molecule has 0 aliphatic carbocycles. The molecule has 0 unspecified atom stereocenters. The summed E-state index contributed by atoms with van der Waals surface area (Å²) in [6.07, 6.45) is 2.47. The van der Waals surface area contributed by atoms with E-state index < -0.39 is 0 Å². The molecular formula is C23H21N5O. The molecule has 2 N–H and O–H groups in total. The summed E-state index contributed by atoms with van der Waals surface area (Å²) >= 11 is 0. The second kappa shape index (κ2) is 7.05. The summed E-state index contributed by atoms with van der Waals surface area (Å²) in [5, 5.41) is 1.01. The first-order chi connectivity index (χ1) is 14.2. The fourth-order valence-corrected chi connectivity index (χ4v) is 3.78. The molecule has 6 heteroatoms. The zero-order chi connectivity index (χ0) is 19.8. The quantitative estimate of drug-likeness (QED) is 0.569. The number of nitrogen functional groups attached to an aromatic ring is 1. The van der Waals surface area contributed by atoms with E-state index in [2.05, 4.69) is 44.1 Å². The van der Waals surface area contributed by atoms with Crippen molar-refractivity contribution in [3.63, 3.8) is 0 Å². The topological polar surface area (TPSA) is 77.2 Å². The Balaban J connectivity index is 1.49. The van der Waals surface area contributed by atoms with Crippen LogP contribution in [0.25, 0.3) is 10.9 Å². The Kier molecular flexibility index (Phi) is 4.24. The number of rotatable bonds is 3. The number of hydrogen-bond acceptors (Lipinski definition) is 6. The lowest BCUT2D eigenvalue weighted by Gasteiger charge is -2.30. The van der Waals surface area contributed by atoms with E-state index in [1.165, 1.54) is 17.5 Å². The van der Waals surface area contributed by atoms with E-state index in [0.29, 0.717) is 23.1 Å². The van der Waals surface area contributed by atoms with Crippen LogP contribution in [0, 0.1) is 6.92 Å². The molecule has 144 valence electrons. The van der Waals surface area contributed by atoms with Gasteiger partial charge in [-0.1, -0.05) is 42.5 Å². The fraction of sp³-hybridized carbons (Fsp3) is 0.174. The molecule has 1 aliphatic rings. The second-order valence-electron chi connectivity index (χ2n) is 7.24. The van der Waals surface area contributed by atoms with Gasteiger partial charge in [-0.05, 0) is 36.6 Å². The molecule has 0 spiro atoms. The number of pyridine rings is 1. The van der Waals surface area contributed by atoms with Crippen LogP contribution in [0.15, 0.2) is 60.9 Å². The molecule has 2 aromatic carbocycles. The molecule has 6 nitrogen and oxygen atoms in total. The lowest BCUT2D eigenvalue weighted by Crippen LogP contribution is -2.31. The first-order valence-corrected chi connectivity index (χ1v) is 9.65. The van der Waals surface area contributed by atoms with Gasteiger partial charge >= 0.3 is 0 Å². The van der Waals surface area contributed by atoms with Crippen LogP contribution in [0.5, 0.6) is 11.6 Å². The van der Waals surface area contributed by atoms with Gasteiger partial charge in [-0.2, -0.15) is 4.98 Å². The maximum absolute atomic E-state index is 6.44. The third-order valence-electron chi connectivity index (χ3n) is 5.29. The number of nitrogens with zero attached hydrogens (tertiary/aromatic N) is 4. The molecule has 5 rings (SSSR count). The van der Waals surface area contributed by atoms with Gasteiger partial charge < -0.3 is 15.4 Å². The monoisotopic (exact) mass is 383 g/mol. The smallest absolute Gasteiger partial charge is 0.248 e. The summed E-state index contributed by atoms with van der Waals surface area (Å²) in [5.41, 5.74) is 11.3. The molecule has 0 saturated carbocycles. The van der Waals surface area contributed by atoms with Gasteiger partial charge in [0.1, 0.15) is 17.5 Å². The van der Waals surface area contributed by atoms with Crippen molar-refractivity contribution in [2.24, 2.45) is 0 Å². The predicted molar refractivity (Wildman–Crippen MR) is 114 cm³/mol. The van der Waals surface area contributed by atoms with Crippen LogP contribution in [0.4, 0.5) is 11.5 Å². The number of benzene rings is 2. The lowest BCUT2D eigenvalue weighted by atomic mass is 10.00. The summed E-state index contributed by atoms with van der Waals surface area (Å²) in [6.45, 7) is 3.58. The van der Waals surface area contributed by atoms with Gasteiger partial charge in [0.2, 0.25) is 5.88 Å². The van der Waals surface area contributed by atoms with Crippen LogP contribution < -0.4 is 15.4 Å². The van der Waals surface area contributed by atoms with Crippen LogP contribution in [0.3, 0.4) is 0 Å². The molecule has 0 atom stereocenters.